The van der Waals surface area contributed by atoms with Gasteiger partial charge in [-0.25, -0.2) is 0 Å². The standard InChI is InChI=1S/C21H22N4/c1-25-10-8-14(9-11-25)18-13-22-19-7-6-15(12-17(18)19)21-16-4-2-3-5-20(16)23-24-21/h2-7,12-14,22H,8-11H2,1H3,(H,23,24). The first-order valence-electron chi connectivity index (χ1n) is 9.02. The van der Waals surface area contributed by atoms with Crippen molar-refractivity contribution < 1.29 is 0 Å². The number of piperidine rings is 1. The molecule has 0 radical (unpaired) electrons. The Labute approximate surface area is 146 Å². The second-order valence-electron chi connectivity index (χ2n) is 7.20. The van der Waals surface area contributed by atoms with Crippen LogP contribution < -0.4 is 0 Å². The van der Waals surface area contributed by atoms with Crippen LogP contribution in [0.5, 0.6) is 0 Å². The molecule has 1 fully saturated rings. The van der Waals surface area contributed by atoms with Crippen molar-refractivity contribution in [2.75, 3.05) is 20.1 Å². The number of nitrogens with zero attached hydrogens (tertiary/aromatic N) is 2. The molecule has 0 saturated carbocycles. The first-order chi connectivity index (χ1) is 12.3. The topological polar surface area (TPSA) is 47.7 Å². The van der Waals surface area contributed by atoms with E-state index in [-0.39, 0.29) is 0 Å². The molecular weight excluding hydrogens is 308 g/mol. The average molecular weight is 330 g/mol. The van der Waals surface area contributed by atoms with E-state index in [1.54, 1.807) is 0 Å². The average Bonchev–Trinajstić information content (AvgIpc) is 3.26. The highest BCUT2D eigenvalue weighted by Crippen LogP contribution is 2.35. The van der Waals surface area contributed by atoms with Gasteiger partial charge in [0.25, 0.3) is 0 Å². The number of rotatable bonds is 2. The molecule has 1 aliphatic rings. The molecular formula is C21H22N4. The van der Waals surface area contributed by atoms with Crippen molar-refractivity contribution in [2.45, 2.75) is 18.8 Å². The van der Waals surface area contributed by atoms with Gasteiger partial charge in [0.1, 0.15) is 0 Å². The zero-order chi connectivity index (χ0) is 16.8. The monoisotopic (exact) mass is 330 g/mol. The Bertz CT molecular complexity index is 1030. The van der Waals surface area contributed by atoms with Gasteiger partial charge in [0.2, 0.25) is 0 Å². The van der Waals surface area contributed by atoms with E-state index in [1.165, 1.54) is 53.3 Å². The maximum Gasteiger partial charge on any atom is 0.0999 e. The number of aromatic nitrogens is 3. The fourth-order valence-corrected chi connectivity index (χ4v) is 4.13. The summed E-state index contributed by atoms with van der Waals surface area (Å²) in [6, 6.07) is 15.0. The third kappa shape index (κ3) is 2.45. The van der Waals surface area contributed by atoms with Crippen molar-refractivity contribution in [2.24, 2.45) is 0 Å². The molecule has 0 aliphatic carbocycles. The van der Waals surface area contributed by atoms with Crippen LogP contribution in [0.3, 0.4) is 0 Å². The van der Waals surface area contributed by atoms with E-state index in [0.717, 1.165) is 11.2 Å². The minimum Gasteiger partial charge on any atom is -0.361 e. The predicted molar refractivity (Wildman–Crippen MR) is 103 cm³/mol. The number of hydrogen-bond acceptors (Lipinski definition) is 2. The lowest BCUT2D eigenvalue weighted by molar-refractivity contribution is 0.256. The molecule has 4 heteroatoms. The molecule has 4 aromatic rings. The van der Waals surface area contributed by atoms with Gasteiger partial charge in [0, 0.05) is 28.0 Å². The normalized spacial score (nSPS) is 16.8. The van der Waals surface area contributed by atoms with Gasteiger partial charge in [-0.15, -0.1) is 0 Å². The third-order valence-electron chi connectivity index (χ3n) is 5.62. The Morgan fingerprint density at radius 2 is 1.84 bits per heavy atom. The van der Waals surface area contributed by atoms with Crippen LogP contribution in [0.1, 0.15) is 24.3 Å². The van der Waals surface area contributed by atoms with Gasteiger partial charge < -0.3 is 9.88 Å². The summed E-state index contributed by atoms with van der Waals surface area (Å²) in [4.78, 5) is 5.89. The molecule has 0 amide bonds. The van der Waals surface area contributed by atoms with Gasteiger partial charge in [-0.05, 0) is 62.7 Å². The third-order valence-corrected chi connectivity index (χ3v) is 5.62. The molecule has 0 unspecified atom stereocenters. The van der Waals surface area contributed by atoms with Gasteiger partial charge in [0.15, 0.2) is 0 Å². The molecule has 2 N–H and O–H groups in total. The maximum atomic E-state index is 4.57. The van der Waals surface area contributed by atoms with Crippen LogP contribution in [0, 0.1) is 0 Å². The van der Waals surface area contributed by atoms with Gasteiger partial charge >= 0.3 is 0 Å². The van der Waals surface area contributed by atoms with E-state index >= 15 is 0 Å². The molecule has 3 heterocycles. The van der Waals surface area contributed by atoms with Gasteiger partial charge in [-0.1, -0.05) is 24.3 Å². The highest BCUT2D eigenvalue weighted by atomic mass is 15.1. The highest BCUT2D eigenvalue weighted by Gasteiger charge is 2.21. The van der Waals surface area contributed by atoms with Crippen LogP contribution in [-0.2, 0) is 0 Å². The van der Waals surface area contributed by atoms with Crippen LogP contribution in [-0.4, -0.2) is 40.2 Å². The summed E-state index contributed by atoms with van der Waals surface area (Å²) in [7, 11) is 2.21. The first kappa shape index (κ1) is 14.7. The maximum absolute atomic E-state index is 4.57. The lowest BCUT2D eigenvalue weighted by Crippen LogP contribution is -2.29. The van der Waals surface area contributed by atoms with Gasteiger partial charge in [-0.2, -0.15) is 5.10 Å². The summed E-state index contributed by atoms with van der Waals surface area (Å²) in [5, 5.41) is 10.2. The Morgan fingerprint density at radius 1 is 1.00 bits per heavy atom. The summed E-state index contributed by atoms with van der Waals surface area (Å²) in [6.07, 6.45) is 4.69. The number of likely N-dealkylation sites (tertiary alicyclic amines) is 1. The molecule has 2 aromatic carbocycles. The van der Waals surface area contributed by atoms with Crippen molar-refractivity contribution in [3.63, 3.8) is 0 Å². The second-order valence-corrected chi connectivity index (χ2v) is 7.20. The summed E-state index contributed by atoms with van der Waals surface area (Å²) >= 11 is 0. The Hall–Kier alpha value is -2.59. The fourth-order valence-electron chi connectivity index (χ4n) is 4.13. The van der Waals surface area contributed by atoms with Crippen LogP contribution in [0.25, 0.3) is 33.1 Å². The van der Waals surface area contributed by atoms with Gasteiger partial charge in [0.05, 0.1) is 11.2 Å². The molecule has 1 aliphatic heterocycles. The number of fused-ring (bicyclic) bond motifs is 2. The number of para-hydroxylation sites is 1. The summed E-state index contributed by atoms with van der Waals surface area (Å²) < 4.78 is 0. The Morgan fingerprint density at radius 3 is 2.72 bits per heavy atom. The summed E-state index contributed by atoms with van der Waals surface area (Å²) in [6.45, 7) is 2.36. The van der Waals surface area contributed by atoms with E-state index in [2.05, 4.69) is 69.7 Å². The summed E-state index contributed by atoms with van der Waals surface area (Å²) in [5.41, 5.74) is 5.98. The van der Waals surface area contributed by atoms with E-state index in [4.69, 9.17) is 0 Å². The lowest BCUT2D eigenvalue weighted by Gasteiger charge is -2.28. The van der Waals surface area contributed by atoms with Crippen LogP contribution in [0.15, 0.2) is 48.7 Å². The van der Waals surface area contributed by atoms with Crippen LogP contribution >= 0.6 is 0 Å². The minimum atomic E-state index is 0.649. The molecule has 0 atom stereocenters. The number of benzene rings is 2. The Kier molecular flexibility index (Phi) is 3.38. The van der Waals surface area contributed by atoms with E-state index in [1.807, 2.05) is 6.07 Å². The van der Waals surface area contributed by atoms with Crippen molar-refractivity contribution in [3.8, 4) is 11.3 Å². The van der Waals surface area contributed by atoms with E-state index in [9.17, 15) is 0 Å². The molecule has 4 nitrogen and oxygen atoms in total. The molecule has 1 saturated heterocycles. The van der Waals surface area contributed by atoms with Crippen molar-refractivity contribution in [1.29, 1.82) is 0 Å². The van der Waals surface area contributed by atoms with E-state index in [0.29, 0.717) is 5.92 Å². The lowest BCUT2D eigenvalue weighted by atomic mass is 9.89. The molecule has 2 aromatic heterocycles. The van der Waals surface area contributed by atoms with Crippen molar-refractivity contribution in [1.82, 2.24) is 20.1 Å². The zero-order valence-electron chi connectivity index (χ0n) is 14.4. The largest absolute Gasteiger partial charge is 0.361 e. The minimum absolute atomic E-state index is 0.649. The Balaban J connectivity index is 1.60. The number of nitrogens with one attached hydrogen (secondary N) is 2. The predicted octanol–water partition coefficient (Wildman–Crippen LogP) is 4.52. The van der Waals surface area contributed by atoms with Crippen molar-refractivity contribution in [3.05, 3.63) is 54.2 Å². The first-order valence-corrected chi connectivity index (χ1v) is 9.02. The SMILES string of the molecule is CN1CCC(c2c[nH]c3ccc(-c4n[nH]c5ccccc45)cc23)CC1. The smallest absolute Gasteiger partial charge is 0.0999 e. The number of hydrogen-bond donors (Lipinski definition) is 2. The van der Waals surface area contributed by atoms with E-state index < -0.39 is 0 Å². The summed E-state index contributed by atoms with van der Waals surface area (Å²) in [5.74, 6) is 0.649. The van der Waals surface area contributed by atoms with Crippen molar-refractivity contribution >= 4 is 21.8 Å². The fraction of sp³-hybridized carbons (Fsp3) is 0.286. The number of aromatic amines is 2. The molecule has 25 heavy (non-hydrogen) atoms. The molecule has 5 rings (SSSR count). The molecule has 0 bridgehead atoms. The molecule has 126 valence electrons. The molecule has 0 spiro atoms. The quantitative estimate of drug-likeness (QED) is 0.568. The second kappa shape index (κ2) is 5.74. The van der Waals surface area contributed by atoms with Crippen LogP contribution in [0.2, 0.25) is 0 Å². The van der Waals surface area contributed by atoms with Gasteiger partial charge in [-0.3, -0.25) is 5.10 Å². The zero-order valence-corrected chi connectivity index (χ0v) is 14.4. The number of H-pyrrole nitrogens is 2. The van der Waals surface area contributed by atoms with Crippen LogP contribution in [0.4, 0.5) is 0 Å². The highest BCUT2D eigenvalue weighted by molar-refractivity contribution is 5.96.